The number of rotatable bonds is 4. The molecule has 1 fully saturated rings. The van der Waals surface area contributed by atoms with Crippen LogP contribution in [0.4, 0.5) is 0 Å². The number of likely N-dealkylation sites (tertiary alicyclic amines) is 1. The molecule has 0 spiro atoms. The molecule has 3 heterocycles. The van der Waals surface area contributed by atoms with Gasteiger partial charge in [0.25, 0.3) is 0 Å². The molecule has 1 atom stereocenters. The number of methoxy groups -OCH3 is 1. The first-order valence-electron chi connectivity index (χ1n) is 9.52. The predicted octanol–water partition coefficient (Wildman–Crippen LogP) is 3.95. The van der Waals surface area contributed by atoms with Gasteiger partial charge in [-0.2, -0.15) is 0 Å². The monoisotopic (exact) mass is 363 g/mol. The molecule has 0 bridgehead atoms. The fraction of sp³-hybridized carbons (Fsp3) is 0.364. The van der Waals surface area contributed by atoms with Gasteiger partial charge in [0.15, 0.2) is 0 Å². The first kappa shape index (κ1) is 17.6. The molecule has 0 aliphatic carbocycles. The van der Waals surface area contributed by atoms with Gasteiger partial charge in [0.2, 0.25) is 5.91 Å². The summed E-state index contributed by atoms with van der Waals surface area (Å²) in [4.78, 5) is 19.7. The maximum Gasteiger partial charge on any atom is 0.229 e. The molecule has 0 radical (unpaired) electrons. The van der Waals surface area contributed by atoms with Gasteiger partial charge in [-0.15, -0.1) is 0 Å². The zero-order valence-electron chi connectivity index (χ0n) is 15.9. The first-order valence-corrected chi connectivity index (χ1v) is 9.52. The second-order valence-corrected chi connectivity index (χ2v) is 7.19. The molecule has 1 aromatic carbocycles. The van der Waals surface area contributed by atoms with Gasteiger partial charge in [0.05, 0.1) is 25.3 Å². The molecule has 0 N–H and O–H groups in total. The molecular formula is C22H25N3O2. The average Bonchev–Trinajstić information content (AvgIpc) is 3.12. The highest BCUT2D eigenvalue weighted by Gasteiger charge is 2.28. The Morgan fingerprint density at radius 1 is 1.26 bits per heavy atom. The third-order valence-electron chi connectivity index (χ3n) is 5.44. The molecule has 5 heteroatoms. The van der Waals surface area contributed by atoms with Crippen molar-refractivity contribution in [3.8, 4) is 5.75 Å². The molecule has 0 unspecified atom stereocenters. The van der Waals surface area contributed by atoms with E-state index >= 15 is 0 Å². The fourth-order valence-electron chi connectivity index (χ4n) is 4.01. The minimum absolute atomic E-state index is 0.113. The zero-order valence-corrected chi connectivity index (χ0v) is 15.9. The highest BCUT2D eigenvalue weighted by atomic mass is 16.5. The normalized spacial score (nSPS) is 17.3. The van der Waals surface area contributed by atoms with Gasteiger partial charge in [-0.1, -0.05) is 18.2 Å². The molecule has 3 aromatic rings. The topological polar surface area (TPSA) is 46.8 Å². The minimum Gasteiger partial charge on any atom is -0.497 e. The SMILES string of the molecule is COc1cccc([C@@H]2CCCCN2C(=O)Cc2cnc3c(C)cccn23)c1. The van der Waals surface area contributed by atoms with E-state index in [1.165, 1.54) is 0 Å². The van der Waals surface area contributed by atoms with Gasteiger partial charge in [0, 0.05) is 18.9 Å². The van der Waals surface area contributed by atoms with E-state index in [1.54, 1.807) is 7.11 Å². The lowest BCUT2D eigenvalue weighted by molar-refractivity contribution is -0.134. The highest BCUT2D eigenvalue weighted by molar-refractivity contribution is 5.79. The predicted molar refractivity (Wildman–Crippen MR) is 105 cm³/mol. The Labute approximate surface area is 159 Å². The number of nitrogens with zero attached hydrogens (tertiary/aromatic N) is 3. The van der Waals surface area contributed by atoms with Crippen molar-refractivity contribution in [1.29, 1.82) is 0 Å². The minimum atomic E-state index is 0.113. The van der Waals surface area contributed by atoms with Crippen molar-refractivity contribution >= 4 is 11.6 Å². The largest absolute Gasteiger partial charge is 0.497 e. The Hall–Kier alpha value is -2.82. The van der Waals surface area contributed by atoms with E-state index in [-0.39, 0.29) is 11.9 Å². The van der Waals surface area contributed by atoms with Crippen LogP contribution in [-0.4, -0.2) is 33.8 Å². The molecule has 140 valence electrons. The van der Waals surface area contributed by atoms with Crippen LogP contribution >= 0.6 is 0 Å². The van der Waals surface area contributed by atoms with Crippen molar-refractivity contribution in [3.63, 3.8) is 0 Å². The van der Waals surface area contributed by atoms with Crippen molar-refractivity contribution in [2.75, 3.05) is 13.7 Å². The quantitative estimate of drug-likeness (QED) is 0.705. The molecule has 0 saturated carbocycles. The van der Waals surface area contributed by atoms with E-state index in [9.17, 15) is 4.79 Å². The van der Waals surface area contributed by atoms with Crippen LogP contribution in [0.5, 0.6) is 5.75 Å². The summed E-state index contributed by atoms with van der Waals surface area (Å²) in [7, 11) is 1.68. The number of fused-ring (bicyclic) bond motifs is 1. The van der Waals surface area contributed by atoms with Crippen LogP contribution in [0.15, 0.2) is 48.8 Å². The number of aryl methyl sites for hydroxylation is 1. The van der Waals surface area contributed by atoms with Crippen LogP contribution in [0.25, 0.3) is 5.65 Å². The summed E-state index contributed by atoms with van der Waals surface area (Å²) < 4.78 is 7.40. The number of amides is 1. The molecule has 1 amide bonds. The Balaban J connectivity index is 1.59. The Kier molecular flexibility index (Phi) is 4.84. The lowest BCUT2D eigenvalue weighted by Gasteiger charge is -2.36. The number of ether oxygens (including phenoxy) is 1. The van der Waals surface area contributed by atoms with Crippen LogP contribution in [0.3, 0.4) is 0 Å². The summed E-state index contributed by atoms with van der Waals surface area (Å²) in [5.74, 6) is 0.994. The number of piperidine rings is 1. The number of hydrogen-bond acceptors (Lipinski definition) is 3. The highest BCUT2D eigenvalue weighted by Crippen LogP contribution is 2.33. The van der Waals surface area contributed by atoms with Crippen molar-refractivity contribution in [1.82, 2.24) is 14.3 Å². The number of aromatic nitrogens is 2. The van der Waals surface area contributed by atoms with E-state index in [0.29, 0.717) is 6.42 Å². The number of imidazole rings is 1. The first-order chi connectivity index (χ1) is 13.2. The molecule has 5 nitrogen and oxygen atoms in total. The van der Waals surface area contributed by atoms with Gasteiger partial charge in [-0.05, 0) is 55.5 Å². The Bertz CT molecular complexity index is 963. The molecule has 2 aromatic heterocycles. The summed E-state index contributed by atoms with van der Waals surface area (Å²) in [5.41, 5.74) is 4.12. The molecule has 1 aliphatic heterocycles. The van der Waals surface area contributed by atoms with Crippen LogP contribution in [-0.2, 0) is 11.2 Å². The van der Waals surface area contributed by atoms with E-state index in [1.807, 2.05) is 58.9 Å². The van der Waals surface area contributed by atoms with E-state index in [4.69, 9.17) is 4.74 Å². The standard InChI is InChI=1S/C22H25N3O2/c1-16-7-6-12-24-18(15-23-22(16)24)14-21(26)25-11-4-3-10-20(25)17-8-5-9-19(13-17)27-2/h5-9,12-13,15,20H,3-4,10-11,14H2,1-2H3/t20-/m0/s1. The smallest absolute Gasteiger partial charge is 0.229 e. The lowest BCUT2D eigenvalue weighted by atomic mass is 9.94. The molecule has 1 saturated heterocycles. The van der Waals surface area contributed by atoms with Crippen LogP contribution in [0.2, 0.25) is 0 Å². The third kappa shape index (κ3) is 3.42. The van der Waals surface area contributed by atoms with E-state index in [2.05, 4.69) is 11.1 Å². The van der Waals surface area contributed by atoms with Gasteiger partial charge >= 0.3 is 0 Å². The van der Waals surface area contributed by atoms with E-state index in [0.717, 1.165) is 54.0 Å². The summed E-state index contributed by atoms with van der Waals surface area (Å²) in [6.07, 6.45) is 7.35. The second-order valence-electron chi connectivity index (χ2n) is 7.19. The third-order valence-corrected chi connectivity index (χ3v) is 5.44. The lowest BCUT2D eigenvalue weighted by Crippen LogP contribution is -2.39. The number of carbonyl (C=O) groups excluding carboxylic acids is 1. The zero-order chi connectivity index (χ0) is 18.8. The average molecular weight is 363 g/mol. The fourth-order valence-corrected chi connectivity index (χ4v) is 4.01. The Morgan fingerprint density at radius 3 is 3.00 bits per heavy atom. The van der Waals surface area contributed by atoms with Crippen molar-refractivity contribution in [3.05, 3.63) is 65.6 Å². The van der Waals surface area contributed by atoms with Gasteiger partial charge in [-0.25, -0.2) is 4.98 Å². The summed E-state index contributed by atoms with van der Waals surface area (Å²) >= 11 is 0. The van der Waals surface area contributed by atoms with Gasteiger partial charge < -0.3 is 14.0 Å². The number of pyridine rings is 1. The van der Waals surface area contributed by atoms with Crippen LogP contribution in [0.1, 0.15) is 42.1 Å². The molecule has 4 rings (SSSR count). The second kappa shape index (κ2) is 7.43. The molecule has 1 aliphatic rings. The van der Waals surface area contributed by atoms with Crippen LogP contribution < -0.4 is 4.74 Å². The summed E-state index contributed by atoms with van der Waals surface area (Å²) in [5, 5.41) is 0. The van der Waals surface area contributed by atoms with Gasteiger partial charge in [-0.3, -0.25) is 4.79 Å². The summed E-state index contributed by atoms with van der Waals surface area (Å²) in [6.45, 7) is 2.84. The van der Waals surface area contributed by atoms with Crippen molar-refractivity contribution < 1.29 is 9.53 Å². The Morgan fingerprint density at radius 2 is 2.15 bits per heavy atom. The van der Waals surface area contributed by atoms with Gasteiger partial charge in [0.1, 0.15) is 11.4 Å². The molecule has 27 heavy (non-hydrogen) atoms. The molecular weight excluding hydrogens is 338 g/mol. The number of benzene rings is 1. The maximum absolute atomic E-state index is 13.2. The van der Waals surface area contributed by atoms with Crippen LogP contribution in [0, 0.1) is 6.92 Å². The van der Waals surface area contributed by atoms with E-state index < -0.39 is 0 Å². The summed E-state index contributed by atoms with van der Waals surface area (Å²) in [6, 6.07) is 12.2. The number of hydrogen-bond donors (Lipinski definition) is 0. The number of carbonyl (C=O) groups is 1. The van der Waals surface area contributed by atoms with Crippen molar-refractivity contribution in [2.45, 2.75) is 38.6 Å². The van der Waals surface area contributed by atoms with Crippen molar-refractivity contribution in [2.24, 2.45) is 0 Å². The maximum atomic E-state index is 13.2.